The molecule has 0 aliphatic rings. The Labute approximate surface area is 134 Å². The number of hydrogen-bond acceptors (Lipinski definition) is 4. The predicted octanol–water partition coefficient (Wildman–Crippen LogP) is 3.99. The first kappa shape index (κ1) is 15.8. The van der Waals surface area contributed by atoms with Crippen molar-refractivity contribution >= 4 is 54.7 Å². The van der Waals surface area contributed by atoms with Gasteiger partial charge in [-0.25, -0.2) is 8.42 Å². The molecule has 2 heterocycles. The van der Waals surface area contributed by atoms with Crippen molar-refractivity contribution in [1.82, 2.24) is 10.2 Å². The fraction of sp³-hybridized carbons (Fsp3) is 0.364. The Morgan fingerprint density at radius 3 is 2.50 bits per heavy atom. The monoisotopic (exact) mass is 397 g/mol. The number of H-pyrrole nitrogens is 1. The molecule has 2 aromatic heterocycles. The average Bonchev–Trinajstić information content (AvgIpc) is 2.86. The van der Waals surface area contributed by atoms with Gasteiger partial charge < -0.3 is 0 Å². The van der Waals surface area contributed by atoms with Gasteiger partial charge in [-0.3, -0.25) is 9.82 Å². The zero-order chi connectivity index (χ0) is 15.1. The summed E-state index contributed by atoms with van der Waals surface area (Å²) in [5, 5.41) is 7.16. The molecule has 0 aliphatic heterocycles. The summed E-state index contributed by atoms with van der Waals surface area (Å²) in [4.78, 5) is 0. The van der Waals surface area contributed by atoms with Crippen molar-refractivity contribution in [3.8, 4) is 0 Å². The number of thiophene rings is 1. The van der Waals surface area contributed by atoms with Crippen LogP contribution in [0.4, 0.5) is 5.82 Å². The summed E-state index contributed by atoms with van der Waals surface area (Å²) in [6, 6.07) is 3.08. The third kappa shape index (κ3) is 3.36. The Morgan fingerprint density at radius 2 is 2.05 bits per heavy atom. The van der Waals surface area contributed by atoms with Gasteiger partial charge in [0.1, 0.15) is 4.21 Å². The lowest BCUT2D eigenvalue weighted by atomic mass is 9.92. The van der Waals surface area contributed by atoms with Gasteiger partial charge >= 0.3 is 0 Å². The molecule has 0 fully saturated rings. The minimum absolute atomic E-state index is 0.133. The molecule has 0 saturated carbocycles. The second-order valence-electron chi connectivity index (χ2n) is 5.21. The number of hydrogen-bond donors (Lipinski definition) is 2. The lowest BCUT2D eigenvalue weighted by Gasteiger charge is -2.14. The number of aromatic amines is 1. The van der Waals surface area contributed by atoms with Crippen molar-refractivity contribution in [1.29, 1.82) is 0 Å². The number of nitrogens with one attached hydrogen (secondary N) is 2. The second-order valence-corrected chi connectivity index (χ2v) is 9.90. The molecule has 0 aliphatic carbocycles. The highest BCUT2D eigenvalue weighted by atomic mass is 79.9. The molecule has 0 aromatic carbocycles. The van der Waals surface area contributed by atoms with Gasteiger partial charge in [0, 0.05) is 17.2 Å². The van der Waals surface area contributed by atoms with E-state index >= 15 is 0 Å². The van der Waals surface area contributed by atoms with Gasteiger partial charge in [-0.2, -0.15) is 5.10 Å². The largest absolute Gasteiger partial charge is 0.280 e. The molecule has 0 amide bonds. The van der Waals surface area contributed by atoms with Crippen LogP contribution < -0.4 is 4.72 Å². The molecule has 0 saturated heterocycles. The van der Waals surface area contributed by atoms with Crippen molar-refractivity contribution in [2.24, 2.45) is 0 Å². The third-order valence-electron chi connectivity index (χ3n) is 2.51. The Morgan fingerprint density at radius 1 is 1.40 bits per heavy atom. The van der Waals surface area contributed by atoms with Gasteiger partial charge in [0.05, 0.1) is 8.81 Å². The number of anilines is 1. The average molecular weight is 399 g/mol. The first-order chi connectivity index (χ1) is 9.09. The van der Waals surface area contributed by atoms with Crippen LogP contribution in [0.5, 0.6) is 0 Å². The Bertz CT molecular complexity index is 712. The summed E-state index contributed by atoms with van der Waals surface area (Å²) in [5.41, 5.74) is 0.715. The maximum absolute atomic E-state index is 12.2. The van der Waals surface area contributed by atoms with Crippen molar-refractivity contribution in [3.05, 3.63) is 26.6 Å². The second kappa shape index (κ2) is 5.32. The maximum atomic E-state index is 12.2. The molecule has 9 heteroatoms. The molecule has 110 valence electrons. The smallest absolute Gasteiger partial charge is 0.272 e. The third-order valence-corrected chi connectivity index (χ3v) is 6.82. The summed E-state index contributed by atoms with van der Waals surface area (Å²) < 4.78 is 27.5. The standard InChI is InChI=1S/C11H13BrClN3O2S2/c1-11(2,3)7-5-8(15-14-7)16-20(17,18)9-4-6(13)10(12)19-9/h4-5H,1-3H3,(H2,14,15,16). The number of sulfonamides is 1. The van der Waals surface area contributed by atoms with Crippen molar-refractivity contribution in [2.45, 2.75) is 30.4 Å². The van der Waals surface area contributed by atoms with Crippen LogP contribution in [0.1, 0.15) is 26.5 Å². The molecule has 2 N–H and O–H groups in total. The van der Waals surface area contributed by atoms with E-state index in [9.17, 15) is 8.42 Å². The van der Waals surface area contributed by atoms with Crippen LogP contribution in [0, 0.1) is 0 Å². The normalized spacial score (nSPS) is 12.7. The van der Waals surface area contributed by atoms with Gasteiger partial charge in [-0.05, 0) is 22.0 Å². The van der Waals surface area contributed by atoms with Crippen LogP contribution in [0.25, 0.3) is 0 Å². The van der Waals surface area contributed by atoms with Crippen molar-refractivity contribution in [3.63, 3.8) is 0 Å². The lowest BCUT2D eigenvalue weighted by Crippen LogP contribution is -2.12. The molecule has 2 rings (SSSR count). The van der Waals surface area contributed by atoms with Crippen LogP contribution in [0.3, 0.4) is 0 Å². The highest BCUT2D eigenvalue weighted by molar-refractivity contribution is 9.11. The predicted molar refractivity (Wildman–Crippen MR) is 85.1 cm³/mol. The Balaban J connectivity index is 2.27. The van der Waals surface area contributed by atoms with E-state index in [0.717, 1.165) is 17.0 Å². The van der Waals surface area contributed by atoms with Gasteiger partial charge in [0.15, 0.2) is 5.82 Å². The molecule has 0 atom stereocenters. The molecule has 2 aromatic rings. The quantitative estimate of drug-likeness (QED) is 0.821. The van der Waals surface area contributed by atoms with Gasteiger partial charge in [0.25, 0.3) is 10.0 Å². The molecule has 0 spiro atoms. The maximum Gasteiger partial charge on any atom is 0.272 e. The first-order valence-electron chi connectivity index (χ1n) is 5.63. The number of rotatable bonds is 3. The Hall–Kier alpha value is -0.570. The molecule has 20 heavy (non-hydrogen) atoms. The molecule has 0 bridgehead atoms. The fourth-order valence-electron chi connectivity index (χ4n) is 1.41. The van der Waals surface area contributed by atoms with Crippen LogP contribution in [0.15, 0.2) is 20.1 Å². The van der Waals surface area contributed by atoms with E-state index in [4.69, 9.17) is 11.6 Å². The molecule has 0 unspecified atom stereocenters. The van der Waals surface area contributed by atoms with E-state index in [0.29, 0.717) is 8.81 Å². The van der Waals surface area contributed by atoms with Crippen LogP contribution in [0.2, 0.25) is 5.02 Å². The van der Waals surface area contributed by atoms with E-state index < -0.39 is 10.0 Å². The van der Waals surface area contributed by atoms with Crippen molar-refractivity contribution < 1.29 is 8.42 Å². The van der Waals surface area contributed by atoms with Crippen LogP contribution in [-0.2, 0) is 15.4 Å². The summed E-state index contributed by atoms with van der Waals surface area (Å²) >= 11 is 10.1. The fourth-order valence-corrected chi connectivity index (χ4v) is 4.80. The van der Waals surface area contributed by atoms with Crippen LogP contribution >= 0.6 is 38.9 Å². The summed E-state index contributed by atoms with van der Waals surface area (Å²) in [5.74, 6) is 0.260. The summed E-state index contributed by atoms with van der Waals surface area (Å²) in [7, 11) is -3.68. The zero-order valence-corrected chi connectivity index (χ0v) is 15.0. The van der Waals surface area contributed by atoms with Crippen molar-refractivity contribution in [2.75, 3.05) is 4.72 Å². The van der Waals surface area contributed by atoms with Gasteiger partial charge in [-0.15, -0.1) is 11.3 Å². The topological polar surface area (TPSA) is 74.8 Å². The van der Waals surface area contributed by atoms with Gasteiger partial charge in [0.2, 0.25) is 0 Å². The molecular weight excluding hydrogens is 386 g/mol. The minimum atomic E-state index is -3.68. The minimum Gasteiger partial charge on any atom is -0.280 e. The molecule has 5 nitrogen and oxygen atoms in total. The van der Waals surface area contributed by atoms with E-state index in [1.54, 1.807) is 6.07 Å². The summed E-state index contributed by atoms with van der Waals surface area (Å²) in [6.45, 7) is 6.03. The summed E-state index contributed by atoms with van der Waals surface area (Å²) in [6.07, 6.45) is 0. The highest BCUT2D eigenvalue weighted by Gasteiger charge is 2.22. The van der Waals surface area contributed by atoms with E-state index in [1.165, 1.54) is 6.07 Å². The van der Waals surface area contributed by atoms with E-state index in [-0.39, 0.29) is 15.4 Å². The van der Waals surface area contributed by atoms with Gasteiger partial charge in [-0.1, -0.05) is 32.4 Å². The molecule has 0 radical (unpaired) electrons. The van der Waals surface area contributed by atoms with E-state index in [1.807, 2.05) is 20.8 Å². The van der Waals surface area contributed by atoms with E-state index in [2.05, 4.69) is 30.8 Å². The number of nitrogens with zero attached hydrogens (tertiary/aromatic N) is 1. The zero-order valence-electron chi connectivity index (χ0n) is 11.0. The number of halogens is 2. The molecular formula is C11H13BrClN3O2S2. The highest BCUT2D eigenvalue weighted by Crippen LogP contribution is 2.35. The SMILES string of the molecule is CC(C)(C)c1cc(NS(=O)(=O)c2cc(Cl)c(Br)s2)n[nH]1. The number of aromatic nitrogens is 2. The lowest BCUT2D eigenvalue weighted by molar-refractivity contribution is 0.567. The first-order valence-corrected chi connectivity index (χ1v) is 9.10. The Kier molecular flexibility index (Phi) is 4.21. The van der Waals surface area contributed by atoms with Crippen LogP contribution in [-0.4, -0.2) is 18.6 Å².